The largest absolute Gasteiger partial charge is 0.756 e. The fourth-order valence-electron chi connectivity index (χ4n) is 13.3. The van der Waals surface area contributed by atoms with Crippen LogP contribution in [0.5, 0.6) is 0 Å². The smallest absolute Gasteiger partial charge is 0.308 e. The van der Waals surface area contributed by atoms with E-state index in [2.05, 4.69) is 38.3 Å². The van der Waals surface area contributed by atoms with Crippen LogP contribution in [0.1, 0.15) is 426 Å². The third kappa shape index (κ3) is 85.5. The molecule has 4 unspecified atom stereocenters. The van der Waals surface area contributed by atoms with Gasteiger partial charge in [-0.1, -0.05) is 349 Å². The Morgan fingerprint density at radius 3 is 0.703 bits per heavy atom. The average molecular weight is 1720 g/mol. The first kappa shape index (κ1) is 114. The molecule has 28 heteroatoms. The quantitative estimate of drug-likeness (QED) is 0.0247. The van der Waals surface area contributed by atoms with E-state index >= 15 is 0 Å². The fourth-order valence-corrected chi connectivity index (χ4v) is 14.8. The highest BCUT2D eigenvalue weighted by Crippen LogP contribution is 2.39. The van der Waals surface area contributed by atoms with Gasteiger partial charge in [0.1, 0.15) is 26.4 Å². The number of amides is 2. The number of unbranched alkanes of at least 4 members (excludes halogenated alkanes) is 50. The van der Waals surface area contributed by atoms with Crippen molar-refractivity contribution >= 4 is 63.3 Å². The number of nitrogens with one attached hydrogen (secondary N) is 2. The van der Waals surface area contributed by atoms with E-state index in [0.29, 0.717) is 25.7 Å². The zero-order valence-corrected chi connectivity index (χ0v) is 76.4. The van der Waals surface area contributed by atoms with Crippen LogP contribution >= 0.6 is 15.6 Å². The van der Waals surface area contributed by atoms with Crippen LogP contribution in [0.25, 0.3) is 0 Å². The van der Waals surface area contributed by atoms with Gasteiger partial charge in [0.2, 0.25) is 11.8 Å². The van der Waals surface area contributed by atoms with E-state index in [1.54, 1.807) is 0 Å². The summed E-state index contributed by atoms with van der Waals surface area (Å²) in [6.45, 7) is 5.04. The summed E-state index contributed by atoms with van der Waals surface area (Å²) in [5.41, 5.74) is 0. The summed E-state index contributed by atoms with van der Waals surface area (Å²) in [6, 6.07) is 0. The van der Waals surface area contributed by atoms with Gasteiger partial charge in [-0.3, -0.25) is 47.5 Å². The Morgan fingerprint density at radius 2 is 0.458 bits per heavy atom. The number of hydrogen-bond donors (Lipinski definition) is 2. The first-order valence-corrected chi connectivity index (χ1v) is 50.2. The summed E-state index contributed by atoms with van der Waals surface area (Å²) >= 11 is 0. The summed E-state index contributed by atoms with van der Waals surface area (Å²) in [7, 11) is -9.93. The van der Waals surface area contributed by atoms with Gasteiger partial charge in [0.25, 0.3) is 15.6 Å². The van der Waals surface area contributed by atoms with Crippen LogP contribution in [0.3, 0.4) is 0 Å². The summed E-state index contributed by atoms with van der Waals surface area (Å²) in [6.07, 6.45) is 60.5. The Hall–Kier alpha value is -4.10. The lowest BCUT2D eigenvalue weighted by Gasteiger charge is -2.25. The van der Waals surface area contributed by atoms with Gasteiger partial charge < -0.3 is 76.4 Å². The zero-order valence-electron chi connectivity index (χ0n) is 74.6. The average Bonchev–Trinajstić information content (AvgIpc) is 0.911. The number of hydrogen-bond acceptors (Lipinski definition) is 24. The minimum absolute atomic E-state index is 0.0190. The molecular weight excluding hydrogens is 1550 g/mol. The maximum atomic E-state index is 12.9. The molecule has 118 heavy (non-hydrogen) atoms. The van der Waals surface area contributed by atoms with E-state index < -0.39 is 102 Å². The molecule has 694 valence electrons. The minimum atomic E-state index is -4.97. The SMILES string of the molecule is CCCCCCCCCCCCCCCCCC(=O)OCC(COP(=O)([O-])OCCNC(=O)CCOC(=O)CCOCCOCCC(=O)OCCC(=O)NCCOP(=O)([O-])OCC(COC(=O)CCCCCCCCCCCCCC)OC(=O)CCCCCCCCCCCCCC)OC(=O)CCCCCCCCCCCCCCCCC. The van der Waals surface area contributed by atoms with E-state index in [1.807, 2.05) is 0 Å². The third-order valence-electron chi connectivity index (χ3n) is 20.5. The van der Waals surface area contributed by atoms with E-state index in [9.17, 15) is 57.3 Å². The molecule has 2 amide bonds. The Kier molecular flexibility index (Phi) is 83.4. The van der Waals surface area contributed by atoms with Crippen LogP contribution < -0.4 is 20.4 Å². The van der Waals surface area contributed by atoms with Gasteiger partial charge in [0.05, 0.1) is 78.5 Å². The predicted octanol–water partition coefficient (Wildman–Crippen LogP) is 20.5. The number of phosphoric ester groups is 2. The molecule has 26 nitrogen and oxygen atoms in total. The molecule has 0 bridgehead atoms. The van der Waals surface area contributed by atoms with Crippen LogP contribution in [0.2, 0.25) is 0 Å². The van der Waals surface area contributed by atoms with Crippen molar-refractivity contribution in [2.45, 2.75) is 438 Å². The monoisotopic (exact) mass is 1720 g/mol. The summed E-state index contributed by atoms with van der Waals surface area (Å²) < 4.78 is 88.4. The van der Waals surface area contributed by atoms with Crippen molar-refractivity contribution in [3.05, 3.63) is 0 Å². The van der Waals surface area contributed by atoms with Gasteiger partial charge in [0, 0.05) is 38.8 Å². The highest BCUT2D eigenvalue weighted by atomic mass is 31.2. The lowest BCUT2D eigenvalue weighted by Crippen LogP contribution is -2.31. The van der Waals surface area contributed by atoms with Crippen LogP contribution in [-0.2, 0) is 103 Å². The van der Waals surface area contributed by atoms with Crippen molar-refractivity contribution in [2.75, 3.05) is 92.4 Å². The molecule has 2 N–H and O–H groups in total. The topological polar surface area (TPSA) is 352 Å². The van der Waals surface area contributed by atoms with Gasteiger partial charge >= 0.3 is 35.8 Å². The molecule has 0 radical (unpaired) electrons. The van der Waals surface area contributed by atoms with Crippen molar-refractivity contribution in [1.82, 2.24) is 10.6 Å². The molecule has 0 aliphatic heterocycles. The highest BCUT2D eigenvalue weighted by Gasteiger charge is 2.24. The first-order valence-electron chi connectivity index (χ1n) is 47.3. The van der Waals surface area contributed by atoms with Gasteiger partial charge in [-0.15, -0.1) is 0 Å². The Bertz CT molecular complexity index is 2480. The number of carbonyl (C=O) groups is 8. The molecule has 0 aromatic rings. The molecule has 4 atom stereocenters. The Labute approximate surface area is 714 Å². The summed E-state index contributed by atoms with van der Waals surface area (Å²) in [5, 5.41) is 4.95. The second-order valence-corrected chi connectivity index (χ2v) is 34.6. The van der Waals surface area contributed by atoms with Crippen molar-refractivity contribution in [3.63, 3.8) is 0 Å². The van der Waals surface area contributed by atoms with Gasteiger partial charge in [-0.25, -0.2) is 0 Å². The molecule has 0 saturated carbocycles. The predicted molar refractivity (Wildman–Crippen MR) is 459 cm³/mol. The van der Waals surface area contributed by atoms with Crippen molar-refractivity contribution < 1.29 is 113 Å². The van der Waals surface area contributed by atoms with Crippen LogP contribution in [0.4, 0.5) is 0 Å². The normalized spacial score (nSPS) is 13.0. The fraction of sp³-hybridized carbons (Fsp3) is 0.911. The number of carbonyl (C=O) groups excluding carboxylic acids is 8. The highest BCUT2D eigenvalue weighted by molar-refractivity contribution is 7.46. The summed E-state index contributed by atoms with van der Waals surface area (Å²) in [5.74, 6) is -4.42. The molecule has 0 aromatic heterocycles. The van der Waals surface area contributed by atoms with Crippen LogP contribution in [-0.4, -0.2) is 152 Å². The Morgan fingerprint density at radius 1 is 0.237 bits per heavy atom. The molecule has 0 fully saturated rings. The maximum Gasteiger partial charge on any atom is 0.308 e. The van der Waals surface area contributed by atoms with Crippen molar-refractivity contribution in [3.8, 4) is 0 Å². The van der Waals surface area contributed by atoms with Gasteiger partial charge in [-0.2, -0.15) is 0 Å². The Balaban J connectivity index is 4.60. The number of esters is 6. The second-order valence-electron chi connectivity index (χ2n) is 31.8. The molecule has 0 heterocycles. The second kappa shape index (κ2) is 86.4. The molecular formula is C90H168N2O24P2-2. The van der Waals surface area contributed by atoms with Gasteiger partial charge in [0.15, 0.2) is 12.2 Å². The molecule has 0 aliphatic carbocycles. The molecule has 0 spiro atoms. The third-order valence-corrected chi connectivity index (χ3v) is 22.5. The molecule has 0 aliphatic rings. The lowest BCUT2D eigenvalue weighted by atomic mass is 10.0. The van der Waals surface area contributed by atoms with E-state index in [4.69, 9.17) is 56.0 Å². The number of phosphoric acid groups is 2. The van der Waals surface area contributed by atoms with Crippen LogP contribution in [0.15, 0.2) is 0 Å². The van der Waals surface area contributed by atoms with E-state index in [0.717, 1.165) is 89.9 Å². The molecule has 0 rings (SSSR count). The first-order chi connectivity index (χ1) is 57.3. The van der Waals surface area contributed by atoms with Crippen LogP contribution in [0, 0.1) is 0 Å². The van der Waals surface area contributed by atoms with E-state index in [-0.39, 0.29) is 117 Å². The van der Waals surface area contributed by atoms with Crippen molar-refractivity contribution in [2.24, 2.45) is 0 Å². The minimum Gasteiger partial charge on any atom is -0.756 e. The maximum absolute atomic E-state index is 12.9. The summed E-state index contributed by atoms with van der Waals surface area (Å²) in [4.78, 5) is 126. The number of rotatable bonds is 93. The number of ether oxygens (including phenoxy) is 8. The van der Waals surface area contributed by atoms with Crippen molar-refractivity contribution in [1.29, 1.82) is 0 Å². The standard InChI is InChI=1S/C90H170N2O24P2/c1-5-9-13-17-21-25-29-33-35-37-41-44-48-52-56-60-86(96)110-78-82(116-90(100)62-58-54-50-46-42-38-36-34-30-26-22-18-14-10-6-2)80-114-118(103,104)112-74-68-92-84(94)64-72-108-88(98)66-70-106-76-75-105-69-65-87(97)107-71-63-83(93)91-67-73-111-117(101,102)113-79-81(115-89(99)61-57-53-49-45-40-32-28-24-20-16-12-8-4)77-109-85(95)59-55-51-47-43-39-31-27-23-19-15-11-7-3/h81-82H,5-80H2,1-4H3,(H,91,93)(H,92,94)(H,101,102)(H,103,104)/p-2. The molecule has 0 saturated heterocycles. The van der Waals surface area contributed by atoms with E-state index in [1.165, 1.54) is 231 Å². The van der Waals surface area contributed by atoms with Gasteiger partial charge in [-0.05, 0) is 25.7 Å². The molecule has 0 aromatic carbocycles. The zero-order chi connectivity index (χ0) is 86.4. The lowest BCUT2D eigenvalue weighted by molar-refractivity contribution is -0.229.